The van der Waals surface area contributed by atoms with Gasteiger partial charge in [-0.15, -0.1) is 0 Å². The number of hydrogen-bond acceptors (Lipinski definition) is 4. The second-order valence-corrected chi connectivity index (χ2v) is 9.26. The van der Waals surface area contributed by atoms with Gasteiger partial charge in [0.1, 0.15) is 5.54 Å². The molecule has 0 spiro atoms. The predicted molar refractivity (Wildman–Crippen MR) is 126 cm³/mol. The van der Waals surface area contributed by atoms with E-state index in [1.807, 2.05) is 37.3 Å². The van der Waals surface area contributed by atoms with Crippen LogP contribution in [0.3, 0.4) is 0 Å². The quantitative estimate of drug-likeness (QED) is 0.541. The lowest BCUT2D eigenvalue weighted by Gasteiger charge is -2.22. The second-order valence-electron chi connectivity index (χ2n) is 9.26. The van der Waals surface area contributed by atoms with Gasteiger partial charge in [0.05, 0.1) is 6.54 Å². The number of fused-ring (bicyclic) bond motifs is 1. The van der Waals surface area contributed by atoms with Crippen LogP contribution < -0.4 is 16.1 Å². The number of urea groups is 1. The van der Waals surface area contributed by atoms with Gasteiger partial charge in [0.25, 0.3) is 11.8 Å². The van der Waals surface area contributed by atoms with Crippen molar-refractivity contribution in [3.63, 3.8) is 0 Å². The molecule has 0 saturated carbocycles. The summed E-state index contributed by atoms with van der Waals surface area (Å²) >= 11 is 0. The Morgan fingerprint density at radius 2 is 1.82 bits per heavy atom. The molecule has 2 aliphatic rings. The van der Waals surface area contributed by atoms with Crippen molar-refractivity contribution in [3.05, 3.63) is 70.8 Å². The van der Waals surface area contributed by atoms with Crippen LogP contribution in [0.15, 0.2) is 48.5 Å². The summed E-state index contributed by atoms with van der Waals surface area (Å²) < 4.78 is 0. The van der Waals surface area contributed by atoms with Crippen molar-refractivity contribution in [1.29, 1.82) is 0 Å². The number of nitrogens with zero attached hydrogens (tertiary/aromatic N) is 1. The maximum atomic E-state index is 12.9. The van der Waals surface area contributed by atoms with Gasteiger partial charge in [-0.3, -0.25) is 15.0 Å². The third-order valence-electron chi connectivity index (χ3n) is 6.70. The molecule has 1 saturated heterocycles. The molecule has 1 heterocycles. The van der Waals surface area contributed by atoms with Crippen molar-refractivity contribution < 1.29 is 14.4 Å². The van der Waals surface area contributed by atoms with E-state index in [9.17, 15) is 14.4 Å². The first kappa shape index (κ1) is 23.0. The molecule has 1 fully saturated rings. The fraction of sp³-hybridized carbons (Fsp3) is 0.423. The number of aryl methyl sites for hydroxylation is 3. The van der Waals surface area contributed by atoms with Crippen LogP contribution in [-0.4, -0.2) is 34.9 Å². The van der Waals surface area contributed by atoms with Crippen molar-refractivity contribution in [2.24, 2.45) is 0 Å². The topological polar surface area (TPSA) is 90.5 Å². The number of hydrazine groups is 1. The van der Waals surface area contributed by atoms with E-state index in [0.717, 1.165) is 29.0 Å². The third kappa shape index (κ3) is 5.25. The third-order valence-corrected chi connectivity index (χ3v) is 6.70. The first-order valence-electron chi connectivity index (χ1n) is 11.7. The maximum absolute atomic E-state index is 12.9. The molecular weight excluding hydrogens is 416 g/mol. The van der Waals surface area contributed by atoms with E-state index in [2.05, 4.69) is 34.3 Å². The monoisotopic (exact) mass is 448 g/mol. The summed E-state index contributed by atoms with van der Waals surface area (Å²) in [4.78, 5) is 37.8. The van der Waals surface area contributed by atoms with Gasteiger partial charge < -0.3 is 10.6 Å². The highest BCUT2D eigenvalue weighted by Gasteiger charge is 2.48. The van der Waals surface area contributed by atoms with Crippen molar-refractivity contribution in [3.8, 4) is 0 Å². The highest BCUT2D eigenvalue weighted by atomic mass is 16.2. The Morgan fingerprint density at radius 1 is 1.09 bits per heavy atom. The Labute approximate surface area is 194 Å². The minimum atomic E-state index is -1.05. The first-order valence-corrected chi connectivity index (χ1v) is 11.7. The number of nitrogens with one attached hydrogen (secondary N) is 3. The number of hydrogen-bond donors (Lipinski definition) is 3. The first-order chi connectivity index (χ1) is 15.9. The van der Waals surface area contributed by atoms with Crippen LogP contribution >= 0.6 is 0 Å². The zero-order chi connectivity index (χ0) is 23.4. The molecule has 4 amide bonds. The molecule has 2 atom stereocenters. The number of amides is 4. The Balaban J connectivity index is 1.29. The van der Waals surface area contributed by atoms with Gasteiger partial charge in [0, 0.05) is 6.04 Å². The minimum Gasteiger partial charge on any atom is -0.322 e. The van der Waals surface area contributed by atoms with Crippen LogP contribution in [0.1, 0.15) is 61.4 Å². The van der Waals surface area contributed by atoms with Gasteiger partial charge in [-0.25, -0.2) is 4.79 Å². The zero-order valence-corrected chi connectivity index (χ0v) is 19.3. The number of carbonyl (C=O) groups is 3. The predicted octanol–water partition coefficient (Wildman–Crippen LogP) is 3.19. The fourth-order valence-electron chi connectivity index (χ4n) is 4.54. The Kier molecular flexibility index (Phi) is 6.79. The maximum Gasteiger partial charge on any atom is 0.344 e. The SMILES string of the molecule is C[C@@H](NCC(=O)NN1C(=O)N[C@@](C)(CCc2ccccc2)C1=O)c1ccc2c(c1)CCCC2. The van der Waals surface area contributed by atoms with Gasteiger partial charge in [0.2, 0.25) is 0 Å². The summed E-state index contributed by atoms with van der Waals surface area (Å²) in [6.07, 6.45) is 5.79. The van der Waals surface area contributed by atoms with Gasteiger partial charge in [-0.1, -0.05) is 48.5 Å². The molecule has 0 bridgehead atoms. The highest BCUT2D eigenvalue weighted by Crippen LogP contribution is 2.25. The summed E-state index contributed by atoms with van der Waals surface area (Å²) in [5.41, 5.74) is 6.44. The second kappa shape index (κ2) is 9.75. The average molecular weight is 449 g/mol. The molecule has 0 unspecified atom stereocenters. The lowest BCUT2D eigenvalue weighted by atomic mass is 9.89. The van der Waals surface area contributed by atoms with E-state index in [1.54, 1.807) is 6.92 Å². The molecule has 2 aromatic carbocycles. The number of benzene rings is 2. The van der Waals surface area contributed by atoms with E-state index in [4.69, 9.17) is 0 Å². The molecule has 33 heavy (non-hydrogen) atoms. The van der Waals surface area contributed by atoms with E-state index < -0.39 is 23.4 Å². The van der Waals surface area contributed by atoms with Crippen LogP contribution in [0.5, 0.6) is 0 Å². The van der Waals surface area contributed by atoms with Gasteiger partial charge >= 0.3 is 6.03 Å². The van der Waals surface area contributed by atoms with Crippen LogP contribution in [0.25, 0.3) is 0 Å². The molecule has 7 nitrogen and oxygen atoms in total. The number of imide groups is 1. The van der Waals surface area contributed by atoms with Crippen molar-refractivity contribution >= 4 is 17.8 Å². The van der Waals surface area contributed by atoms with E-state index in [-0.39, 0.29) is 12.6 Å². The largest absolute Gasteiger partial charge is 0.344 e. The van der Waals surface area contributed by atoms with Crippen LogP contribution in [0, 0.1) is 0 Å². The van der Waals surface area contributed by atoms with Gasteiger partial charge in [0.15, 0.2) is 0 Å². The van der Waals surface area contributed by atoms with Crippen molar-refractivity contribution in [2.45, 2.75) is 64.0 Å². The Morgan fingerprint density at radius 3 is 2.58 bits per heavy atom. The molecule has 174 valence electrons. The molecule has 1 aliphatic carbocycles. The van der Waals surface area contributed by atoms with Crippen molar-refractivity contribution in [1.82, 2.24) is 21.1 Å². The standard InChI is InChI=1S/C26H32N4O3/c1-18(21-13-12-20-10-6-7-11-22(20)16-21)27-17-23(31)29-30-24(32)26(2,28-25(30)33)15-14-19-8-4-3-5-9-19/h3-5,8-9,12-13,16,18,27H,6-7,10-11,14-15,17H2,1-2H3,(H,28,33)(H,29,31)/t18-,26+/m1/s1. The Bertz CT molecular complexity index is 1040. The zero-order valence-electron chi connectivity index (χ0n) is 19.3. The van der Waals surface area contributed by atoms with Crippen molar-refractivity contribution in [2.75, 3.05) is 6.54 Å². The summed E-state index contributed by atoms with van der Waals surface area (Å²) in [7, 11) is 0. The molecule has 0 radical (unpaired) electrons. The average Bonchev–Trinajstić information content (AvgIpc) is 3.04. The molecule has 1 aliphatic heterocycles. The fourth-order valence-corrected chi connectivity index (χ4v) is 4.54. The van der Waals surface area contributed by atoms with Gasteiger partial charge in [-0.2, -0.15) is 5.01 Å². The lowest BCUT2D eigenvalue weighted by Crippen LogP contribution is -2.51. The molecule has 0 aromatic heterocycles. The summed E-state index contributed by atoms with van der Waals surface area (Å²) in [6.45, 7) is 3.70. The van der Waals surface area contributed by atoms with E-state index in [0.29, 0.717) is 12.8 Å². The smallest absolute Gasteiger partial charge is 0.322 e. The van der Waals surface area contributed by atoms with Crippen LogP contribution in [-0.2, 0) is 28.9 Å². The van der Waals surface area contributed by atoms with Crippen LogP contribution in [0.2, 0.25) is 0 Å². The molecule has 2 aromatic rings. The molecule has 3 N–H and O–H groups in total. The normalized spacial score (nSPS) is 20.8. The van der Waals surface area contributed by atoms with E-state index in [1.165, 1.54) is 24.0 Å². The molecule has 4 rings (SSSR count). The number of carbonyl (C=O) groups excluding carboxylic acids is 3. The van der Waals surface area contributed by atoms with E-state index >= 15 is 0 Å². The molecule has 7 heteroatoms. The summed E-state index contributed by atoms with van der Waals surface area (Å²) in [5.74, 6) is -0.880. The lowest BCUT2D eigenvalue weighted by molar-refractivity contribution is -0.138. The van der Waals surface area contributed by atoms with Gasteiger partial charge in [-0.05, 0) is 74.6 Å². The molecular formula is C26H32N4O3. The Hall–Kier alpha value is -3.19. The highest BCUT2D eigenvalue weighted by molar-refractivity contribution is 6.07. The minimum absolute atomic E-state index is 0.00393. The van der Waals surface area contributed by atoms with Crippen LogP contribution in [0.4, 0.5) is 4.79 Å². The summed E-state index contributed by atoms with van der Waals surface area (Å²) in [5, 5.41) is 6.73. The number of rotatable bonds is 8. The summed E-state index contributed by atoms with van der Waals surface area (Å²) in [6, 6.07) is 15.7.